The van der Waals surface area contributed by atoms with Gasteiger partial charge in [-0.05, 0) is 82.9 Å². The summed E-state index contributed by atoms with van der Waals surface area (Å²) < 4.78 is 49.8. The van der Waals surface area contributed by atoms with Gasteiger partial charge in [-0.2, -0.15) is 13.2 Å². The van der Waals surface area contributed by atoms with Crippen LogP contribution < -0.4 is 0 Å². The van der Waals surface area contributed by atoms with Gasteiger partial charge in [0.1, 0.15) is 0 Å². The van der Waals surface area contributed by atoms with Gasteiger partial charge in [0.15, 0.2) is 5.92 Å². The normalized spacial score (nSPS) is 16.6. The highest BCUT2D eigenvalue weighted by atomic mass is 19.4. The Bertz CT molecular complexity index is 1190. The summed E-state index contributed by atoms with van der Waals surface area (Å²) >= 11 is 0. The van der Waals surface area contributed by atoms with E-state index >= 15 is 0 Å². The number of alkyl halides is 3. The van der Waals surface area contributed by atoms with Crippen LogP contribution >= 0.6 is 0 Å². The number of aryl methyl sites for hydroxylation is 1. The molecule has 1 aliphatic rings. The fraction of sp³-hybridized carbons (Fsp3) is 0.484. The first-order chi connectivity index (χ1) is 17.7. The van der Waals surface area contributed by atoms with Gasteiger partial charge < -0.3 is 9.47 Å². The summed E-state index contributed by atoms with van der Waals surface area (Å²) in [5.74, 6) is -2.87. The average molecular weight is 531 g/mol. The zero-order valence-corrected chi connectivity index (χ0v) is 23.0. The van der Waals surface area contributed by atoms with E-state index in [0.29, 0.717) is 24.0 Å². The van der Waals surface area contributed by atoms with Crippen molar-refractivity contribution in [3.8, 4) is 0 Å². The van der Waals surface area contributed by atoms with Crippen molar-refractivity contribution in [2.45, 2.75) is 76.8 Å². The molecule has 3 rings (SSSR count). The summed E-state index contributed by atoms with van der Waals surface area (Å²) in [7, 11) is 2.32. The molecule has 0 saturated heterocycles. The summed E-state index contributed by atoms with van der Waals surface area (Å²) in [6.45, 7) is 9.06. The molecule has 0 aliphatic heterocycles. The minimum absolute atomic E-state index is 0.0636. The van der Waals surface area contributed by atoms with Crippen LogP contribution in [0.25, 0.3) is 5.57 Å². The van der Waals surface area contributed by atoms with Crippen molar-refractivity contribution in [1.82, 2.24) is 0 Å². The van der Waals surface area contributed by atoms with Crippen molar-refractivity contribution in [2.75, 3.05) is 14.2 Å². The Balaban J connectivity index is 1.95. The topological polar surface area (TPSA) is 52.6 Å². The Morgan fingerprint density at radius 2 is 1.53 bits per heavy atom. The van der Waals surface area contributed by atoms with Crippen LogP contribution in [0.3, 0.4) is 0 Å². The Morgan fingerprint density at radius 3 is 2.11 bits per heavy atom. The van der Waals surface area contributed by atoms with Crippen LogP contribution in [-0.2, 0) is 42.5 Å². The number of hydrogen-bond acceptors (Lipinski definition) is 4. The standard InChI is InChI=1S/C31H37F3O4/c1-29(2)15-16-30(3,4)26-17-20(13-14-25(26)29)9-7-10-22(19-24(27(35)37-5)28(36)38-6)21-11-8-12-23(18-21)31(32,33)34/h8,10-14,17-18,24H,7,9,15-16,19H2,1-6H3. The molecule has 0 N–H and O–H groups in total. The second-order valence-electron chi connectivity index (χ2n) is 11.3. The number of esters is 2. The second-order valence-corrected chi connectivity index (χ2v) is 11.3. The van der Waals surface area contributed by atoms with Gasteiger partial charge in [0.05, 0.1) is 19.8 Å². The molecule has 0 heterocycles. The molecule has 0 radical (unpaired) electrons. The first-order valence-corrected chi connectivity index (χ1v) is 12.9. The SMILES string of the molecule is COC(=O)C(CC(=CCCc1ccc2c(c1)C(C)(C)CCC2(C)C)c1cccc(C(F)(F)F)c1)C(=O)OC. The molecule has 0 atom stereocenters. The van der Waals surface area contributed by atoms with Crippen LogP contribution in [0, 0.1) is 5.92 Å². The van der Waals surface area contributed by atoms with E-state index in [1.54, 1.807) is 6.07 Å². The predicted octanol–water partition coefficient (Wildman–Crippen LogP) is 7.42. The van der Waals surface area contributed by atoms with Crippen LogP contribution in [0.15, 0.2) is 48.5 Å². The number of allylic oxidation sites excluding steroid dienone is 2. The van der Waals surface area contributed by atoms with Crippen LogP contribution in [0.1, 0.15) is 81.2 Å². The lowest BCUT2D eigenvalue weighted by atomic mass is 9.63. The third-order valence-electron chi connectivity index (χ3n) is 7.70. The minimum atomic E-state index is -4.52. The van der Waals surface area contributed by atoms with E-state index in [-0.39, 0.29) is 17.3 Å². The number of halogens is 3. The number of methoxy groups -OCH3 is 2. The van der Waals surface area contributed by atoms with Crippen molar-refractivity contribution in [1.29, 1.82) is 0 Å². The van der Waals surface area contributed by atoms with Gasteiger partial charge in [-0.3, -0.25) is 9.59 Å². The van der Waals surface area contributed by atoms with Gasteiger partial charge >= 0.3 is 18.1 Å². The van der Waals surface area contributed by atoms with Gasteiger partial charge in [-0.1, -0.05) is 64.1 Å². The first kappa shape index (κ1) is 29.5. The molecule has 2 aromatic rings. The lowest BCUT2D eigenvalue weighted by Gasteiger charge is -2.42. The molecule has 7 heteroatoms. The number of carbonyl (C=O) groups is 2. The molecule has 0 unspecified atom stereocenters. The van der Waals surface area contributed by atoms with Crippen molar-refractivity contribution >= 4 is 17.5 Å². The molecular weight excluding hydrogens is 493 g/mol. The number of fused-ring (bicyclic) bond motifs is 1. The largest absolute Gasteiger partial charge is 0.468 e. The Kier molecular flexibility index (Phi) is 8.79. The van der Waals surface area contributed by atoms with Crippen LogP contribution in [0.5, 0.6) is 0 Å². The Hall–Kier alpha value is -3.09. The van der Waals surface area contributed by atoms with E-state index in [1.165, 1.54) is 17.2 Å². The number of ether oxygens (including phenoxy) is 2. The lowest BCUT2D eigenvalue weighted by molar-refractivity contribution is -0.158. The third kappa shape index (κ3) is 6.66. The number of rotatable bonds is 8. The fourth-order valence-corrected chi connectivity index (χ4v) is 5.19. The van der Waals surface area contributed by atoms with E-state index in [9.17, 15) is 22.8 Å². The number of hydrogen-bond donors (Lipinski definition) is 0. The first-order valence-electron chi connectivity index (χ1n) is 12.9. The van der Waals surface area contributed by atoms with Crippen LogP contribution in [0.4, 0.5) is 13.2 Å². The summed E-state index contributed by atoms with van der Waals surface area (Å²) in [6.07, 6.45) is 0.552. The number of carbonyl (C=O) groups excluding carboxylic acids is 2. The van der Waals surface area contributed by atoms with E-state index in [0.717, 1.165) is 44.8 Å². The van der Waals surface area contributed by atoms with Crippen LogP contribution in [-0.4, -0.2) is 26.2 Å². The maximum absolute atomic E-state index is 13.4. The van der Waals surface area contributed by atoms with E-state index in [2.05, 4.69) is 45.9 Å². The Labute approximate surface area is 223 Å². The highest BCUT2D eigenvalue weighted by Crippen LogP contribution is 2.46. The zero-order chi connectivity index (χ0) is 28.3. The minimum Gasteiger partial charge on any atom is -0.468 e. The molecule has 0 fully saturated rings. The van der Waals surface area contributed by atoms with Gasteiger partial charge in [0.2, 0.25) is 0 Å². The van der Waals surface area contributed by atoms with Crippen molar-refractivity contribution in [3.63, 3.8) is 0 Å². The maximum atomic E-state index is 13.4. The van der Waals surface area contributed by atoms with Crippen molar-refractivity contribution < 1.29 is 32.2 Å². The van der Waals surface area contributed by atoms with Gasteiger partial charge in [0.25, 0.3) is 0 Å². The zero-order valence-electron chi connectivity index (χ0n) is 23.0. The molecule has 0 bridgehead atoms. The molecule has 0 saturated carbocycles. The molecule has 38 heavy (non-hydrogen) atoms. The molecule has 1 aliphatic carbocycles. The molecular formula is C31H37F3O4. The third-order valence-corrected chi connectivity index (χ3v) is 7.70. The molecule has 0 aromatic heterocycles. The quantitative estimate of drug-likeness (QED) is 0.263. The molecule has 2 aromatic carbocycles. The van der Waals surface area contributed by atoms with E-state index in [4.69, 9.17) is 9.47 Å². The Morgan fingerprint density at radius 1 is 0.921 bits per heavy atom. The molecule has 0 amide bonds. The second kappa shape index (κ2) is 11.3. The van der Waals surface area contributed by atoms with Crippen molar-refractivity contribution in [2.24, 2.45) is 5.92 Å². The number of benzene rings is 2. The lowest BCUT2D eigenvalue weighted by Crippen LogP contribution is -2.33. The van der Waals surface area contributed by atoms with E-state index < -0.39 is 29.6 Å². The molecule has 206 valence electrons. The fourth-order valence-electron chi connectivity index (χ4n) is 5.19. The summed E-state index contributed by atoms with van der Waals surface area (Å²) in [4.78, 5) is 24.6. The van der Waals surface area contributed by atoms with Gasteiger partial charge in [-0.15, -0.1) is 0 Å². The predicted molar refractivity (Wildman–Crippen MR) is 142 cm³/mol. The monoisotopic (exact) mass is 530 g/mol. The van der Waals surface area contributed by atoms with Crippen molar-refractivity contribution in [3.05, 3.63) is 76.4 Å². The highest BCUT2D eigenvalue weighted by molar-refractivity contribution is 5.96. The molecule has 0 spiro atoms. The van der Waals surface area contributed by atoms with Gasteiger partial charge in [-0.25, -0.2) is 0 Å². The van der Waals surface area contributed by atoms with E-state index in [1.807, 2.05) is 6.08 Å². The summed E-state index contributed by atoms with van der Waals surface area (Å²) in [5, 5.41) is 0. The summed E-state index contributed by atoms with van der Waals surface area (Å²) in [6, 6.07) is 11.5. The summed E-state index contributed by atoms with van der Waals surface area (Å²) in [5.41, 5.74) is 3.95. The maximum Gasteiger partial charge on any atom is 0.416 e. The average Bonchev–Trinajstić information content (AvgIpc) is 2.87. The highest BCUT2D eigenvalue weighted by Gasteiger charge is 2.37. The smallest absolute Gasteiger partial charge is 0.416 e. The van der Waals surface area contributed by atoms with Crippen LogP contribution in [0.2, 0.25) is 0 Å². The molecule has 4 nitrogen and oxygen atoms in total. The van der Waals surface area contributed by atoms with Gasteiger partial charge in [0, 0.05) is 0 Å².